The standard InChI is InChI=1S/C33H33FN6O4/c1-18-21(6-5-9-25(18)38-31(42)24-14-15-36-40(2)33(24)43)22-7-4-8-23(30(22)34)27-16-19-10-12-26(29(19)32(39-27)44-3)35-17-20-11-13-28(41)37-20/h4-9,14-16,20,26,35H,10-13,17H2,1-3H3,(H,37,41)(H,38,42)/t20-,26+/m0/s1. The molecule has 1 saturated heterocycles. The van der Waals surface area contributed by atoms with E-state index in [0.29, 0.717) is 52.5 Å². The number of aryl methyl sites for hydroxylation is 2. The fraction of sp³-hybridized carbons (Fsp3) is 0.303. The number of carbonyl (C=O) groups excluding carboxylic acids is 2. The number of carbonyl (C=O) groups is 2. The van der Waals surface area contributed by atoms with Crippen LogP contribution in [0.4, 0.5) is 10.1 Å². The Morgan fingerprint density at radius 2 is 1.86 bits per heavy atom. The van der Waals surface area contributed by atoms with Crippen molar-refractivity contribution in [3.05, 3.63) is 93.2 Å². The number of fused-ring (bicyclic) bond motifs is 1. The van der Waals surface area contributed by atoms with Gasteiger partial charge in [-0.25, -0.2) is 14.1 Å². The van der Waals surface area contributed by atoms with Crippen LogP contribution in [0.5, 0.6) is 5.88 Å². The maximum atomic E-state index is 16.3. The molecule has 2 aromatic heterocycles. The molecule has 10 nitrogen and oxygen atoms in total. The van der Waals surface area contributed by atoms with Gasteiger partial charge in [-0.1, -0.05) is 24.3 Å². The molecular formula is C33H33FN6O4. The first-order valence-electron chi connectivity index (χ1n) is 14.6. The highest BCUT2D eigenvalue weighted by atomic mass is 19.1. The smallest absolute Gasteiger partial charge is 0.279 e. The van der Waals surface area contributed by atoms with Crippen LogP contribution < -0.4 is 26.2 Å². The summed E-state index contributed by atoms with van der Waals surface area (Å²) in [5, 5.41) is 13.2. The van der Waals surface area contributed by atoms with Gasteiger partial charge in [-0.05, 0) is 67.1 Å². The van der Waals surface area contributed by atoms with Crippen LogP contribution in [0.25, 0.3) is 22.4 Å². The van der Waals surface area contributed by atoms with E-state index in [1.165, 1.54) is 19.3 Å². The number of ether oxygens (including phenoxy) is 1. The molecule has 2 amide bonds. The van der Waals surface area contributed by atoms with Gasteiger partial charge in [-0.15, -0.1) is 0 Å². The normalized spacial score (nSPS) is 17.3. The number of anilines is 1. The number of hydrogen-bond donors (Lipinski definition) is 3. The molecule has 11 heteroatoms. The van der Waals surface area contributed by atoms with Crippen LogP contribution >= 0.6 is 0 Å². The maximum Gasteiger partial charge on any atom is 0.279 e. The minimum Gasteiger partial charge on any atom is -0.481 e. The van der Waals surface area contributed by atoms with Crippen molar-refractivity contribution in [2.24, 2.45) is 7.05 Å². The van der Waals surface area contributed by atoms with Crippen LogP contribution in [-0.2, 0) is 18.3 Å². The summed E-state index contributed by atoms with van der Waals surface area (Å²) >= 11 is 0. The summed E-state index contributed by atoms with van der Waals surface area (Å²) < 4.78 is 23.1. The molecule has 0 radical (unpaired) electrons. The summed E-state index contributed by atoms with van der Waals surface area (Å²) in [4.78, 5) is 41.6. The van der Waals surface area contributed by atoms with E-state index < -0.39 is 17.3 Å². The van der Waals surface area contributed by atoms with E-state index in [-0.39, 0.29) is 23.6 Å². The molecule has 2 aliphatic rings. The molecule has 3 heterocycles. The zero-order valence-electron chi connectivity index (χ0n) is 24.7. The lowest BCUT2D eigenvalue weighted by molar-refractivity contribution is -0.119. The fourth-order valence-electron chi connectivity index (χ4n) is 6.09. The van der Waals surface area contributed by atoms with Crippen molar-refractivity contribution in [3.63, 3.8) is 0 Å². The highest BCUT2D eigenvalue weighted by molar-refractivity contribution is 6.04. The van der Waals surface area contributed by atoms with E-state index >= 15 is 4.39 Å². The molecule has 2 aromatic carbocycles. The predicted molar refractivity (Wildman–Crippen MR) is 164 cm³/mol. The van der Waals surface area contributed by atoms with Crippen molar-refractivity contribution >= 4 is 17.5 Å². The number of nitrogens with zero attached hydrogens (tertiary/aromatic N) is 3. The monoisotopic (exact) mass is 596 g/mol. The molecule has 6 rings (SSSR count). The Balaban J connectivity index is 1.29. The summed E-state index contributed by atoms with van der Waals surface area (Å²) in [5.41, 5.74) is 4.34. The number of halogens is 1. The van der Waals surface area contributed by atoms with E-state index in [1.807, 2.05) is 6.07 Å². The highest BCUT2D eigenvalue weighted by Gasteiger charge is 2.30. The van der Waals surface area contributed by atoms with Crippen LogP contribution in [0.1, 0.15) is 52.4 Å². The first kappa shape index (κ1) is 29.2. The first-order valence-corrected chi connectivity index (χ1v) is 14.6. The Morgan fingerprint density at radius 3 is 2.64 bits per heavy atom. The number of aromatic nitrogens is 3. The largest absolute Gasteiger partial charge is 0.481 e. The summed E-state index contributed by atoms with van der Waals surface area (Å²) in [5.74, 6) is -0.477. The van der Waals surface area contributed by atoms with Crippen molar-refractivity contribution in [1.82, 2.24) is 25.4 Å². The lowest BCUT2D eigenvalue weighted by atomic mass is 9.95. The van der Waals surface area contributed by atoms with E-state index in [9.17, 15) is 14.4 Å². The average molecular weight is 597 g/mol. The summed E-state index contributed by atoms with van der Waals surface area (Å²) in [6, 6.07) is 13.8. The molecule has 0 saturated carbocycles. The summed E-state index contributed by atoms with van der Waals surface area (Å²) in [6.45, 7) is 2.46. The van der Waals surface area contributed by atoms with Crippen LogP contribution in [0.2, 0.25) is 0 Å². The van der Waals surface area contributed by atoms with E-state index in [2.05, 4.69) is 21.0 Å². The number of amides is 2. The van der Waals surface area contributed by atoms with Crippen molar-refractivity contribution in [2.75, 3.05) is 19.0 Å². The van der Waals surface area contributed by atoms with Crippen LogP contribution in [0, 0.1) is 12.7 Å². The minimum absolute atomic E-state index is 0.0307. The molecule has 0 spiro atoms. The third kappa shape index (κ3) is 5.46. The number of nitrogens with one attached hydrogen (secondary N) is 3. The van der Waals surface area contributed by atoms with Crippen LogP contribution in [0.3, 0.4) is 0 Å². The van der Waals surface area contributed by atoms with Gasteiger partial charge in [0.25, 0.3) is 11.5 Å². The molecule has 1 aliphatic heterocycles. The van der Waals surface area contributed by atoms with Crippen molar-refractivity contribution in [2.45, 2.75) is 44.7 Å². The number of benzene rings is 2. The van der Waals surface area contributed by atoms with E-state index in [1.54, 1.807) is 50.4 Å². The number of rotatable bonds is 8. The minimum atomic E-state index is -0.572. The summed E-state index contributed by atoms with van der Waals surface area (Å²) in [6.07, 6.45) is 4.39. The second-order valence-electron chi connectivity index (χ2n) is 11.2. The molecule has 44 heavy (non-hydrogen) atoms. The maximum absolute atomic E-state index is 16.3. The highest BCUT2D eigenvalue weighted by Crippen LogP contribution is 2.41. The first-order chi connectivity index (χ1) is 21.2. The molecule has 1 aliphatic carbocycles. The second-order valence-corrected chi connectivity index (χ2v) is 11.2. The fourth-order valence-corrected chi connectivity index (χ4v) is 6.09. The zero-order chi connectivity index (χ0) is 31.0. The molecule has 4 aromatic rings. The van der Waals surface area contributed by atoms with E-state index in [4.69, 9.17) is 9.72 Å². The van der Waals surface area contributed by atoms with Crippen LogP contribution in [0.15, 0.2) is 59.5 Å². The molecule has 1 fully saturated rings. The van der Waals surface area contributed by atoms with Gasteiger partial charge in [0, 0.05) is 60.7 Å². The Kier molecular flexibility index (Phi) is 7.96. The average Bonchev–Trinajstić information content (AvgIpc) is 3.63. The molecule has 226 valence electrons. The quantitative estimate of drug-likeness (QED) is 0.280. The Bertz CT molecular complexity index is 1840. The lowest BCUT2D eigenvalue weighted by Gasteiger charge is -2.20. The summed E-state index contributed by atoms with van der Waals surface area (Å²) in [7, 11) is 3.04. The molecule has 3 N–H and O–H groups in total. The number of pyridine rings is 1. The van der Waals surface area contributed by atoms with Gasteiger partial charge >= 0.3 is 0 Å². The zero-order valence-corrected chi connectivity index (χ0v) is 24.7. The van der Waals surface area contributed by atoms with Crippen molar-refractivity contribution in [3.8, 4) is 28.3 Å². The van der Waals surface area contributed by atoms with Gasteiger partial charge < -0.3 is 20.7 Å². The molecule has 0 bridgehead atoms. The SMILES string of the molecule is COc1nc(-c2cccc(-c3cccc(NC(=O)c4ccnn(C)c4=O)c3C)c2F)cc2c1[C@H](NC[C@@H]1CCC(=O)N1)CC2. The Labute approximate surface area is 253 Å². The van der Waals surface area contributed by atoms with Crippen molar-refractivity contribution < 1.29 is 18.7 Å². The third-order valence-corrected chi connectivity index (χ3v) is 8.45. The lowest BCUT2D eigenvalue weighted by Crippen LogP contribution is -2.37. The molecular weight excluding hydrogens is 563 g/mol. The Hall–Kier alpha value is -4.90. The van der Waals surface area contributed by atoms with Gasteiger partial charge in [0.15, 0.2) is 0 Å². The second kappa shape index (κ2) is 12.0. The molecule has 0 unspecified atom stereocenters. The number of hydrogen-bond acceptors (Lipinski definition) is 7. The van der Waals surface area contributed by atoms with Crippen LogP contribution in [-0.4, -0.2) is 46.3 Å². The predicted octanol–water partition coefficient (Wildman–Crippen LogP) is 4.07. The van der Waals surface area contributed by atoms with Gasteiger partial charge in [0.05, 0.1) is 12.8 Å². The van der Waals surface area contributed by atoms with Gasteiger partial charge in [-0.3, -0.25) is 14.4 Å². The topological polar surface area (TPSA) is 127 Å². The third-order valence-electron chi connectivity index (χ3n) is 8.45. The van der Waals surface area contributed by atoms with Gasteiger partial charge in [0.2, 0.25) is 11.8 Å². The van der Waals surface area contributed by atoms with Crippen molar-refractivity contribution in [1.29, 1.82) is 0 Å². The Morgan fingerprint density at radius 1 is 1.09 bits per heavy atom. The molecule has 2 atom stereocenters. The van der Waals surface area contributed by atoms with Gasteiger partial charge in [-0.2, -0.15) is 5.10 Å². The van der Waals surface area contributed by atoms with Gasteiger partial charge in [0.1, 0.15) is 11.4 Å². The van der Waals surface area contributed by atoms with E-state index in [0.717, 1.165) is 35.1 Å². The number of methoxy groups -OCH3 is 1.